The standard InChI is InChI=1S/C12H17BrN2/c1-8(15-10-6-9(14)7-10)11-4-2-3-5-12(11)13/h2-5,8-10,15H,6-7,14H2,1H3/t8-,9?,10?/m0/s1. The number of halogens is 1. The van der Waals surface area contributed by atoms with Crippen LogP contribution in [0.15, 0.2) is 28.7 Å². The summed E-state index contributed by atoms with van der Waals surface area (Å²) in [6.07, 6.45) is 2.21. The molecule has 1 aromatic rings. The molecule has 82 valence electrons. The molecule has 3 heteroatoms. The summed E-state index contributed by atoms with van der Waals surface area (Å²) in [5.41, 5.74) is 7.08. The number of nitrogens with two attached hydrogens (primary N) is 1. The predicted molar refractivity (Wildman–Crippen MR) is 66.7 cm³/mol. The van der Waals surface area contributed by atoms with Gasteiger partial charge < -0.3 is 11.1 Å². The minimum absolute atomic E-state index is 0.387. The van der Waals surface area contributed by atoms with Crippen LogP contribution in [0.1, 0.15) is 31.4 Å². The molecule has 0 bridgehead atoms. The van der Waals surface area contributed by atoms with Gasteiger partial charge in [-0.1, -0.05) is 34.1 Å². The zero-order chi connectivity index (χ0) is 10.8. The molecule has 1 aromatic carbocycles. The van der Waals surface area contributed by atoms with Crippen LogP contribution >= 0.6 is 15.9 Å². The molecule has 2 rings (SSSR count). The summed E-state index contributed by atoms with van der Waals surface area (Å²) in [5.74, 6) is 0. The van der Waals surface area contributed by atoms with Crippen LogP contribution in [0.4, 0.5) is 0 Å². The lowest BCUT2D eigenvalue weighted by atomic mass is 9.87. The highest BCUT2D eigenvalue weighted by molar-refractivity contribution is 9.10. The fourth-order valence-electron chi connectivity index (χ4n) is 2.07. The van der Waals surface area contributed by atoms with Gasteiger partial charge in [-0.3, -0.25) is 0 Å². The normalized spacial score (nSPS) is 27.1. The number of benzene rings is 1. The molecule has 1 atom stereocenters. The van der Waals surface area contributed by atoms with E-state index >= 15 is 0 Å². The lowest BCUT2D eigenvalue weighted by Crippen LogP contribution is -2.49. The molecule has 0 heterocycles. The molecule has 3 N–H and O–H groups in total. The van der Waals surface area contributed by atoms with Crippen molar-refractivity contribution in [1.82, 2.24) is 5.32 Å². The van der Waals surface area contributed by atoms with Crippen molar-refractivity contribution in [2.75, 3.05) is 0 Å². The van der Waals surface area contributed by atoms with Crippen LogP contribution in [0, 0.1) is 0 Å². The maximum atomic E-state index is 5.76. The molecule has 1 saturated carbocycles. The van der Waals surface area contributed by atoms with Crippen molar-refractivity contribution in [2.24, 2.45) is 5.73 Å². The Bertz CT molecular complexity index is 334. The Hall–Kier alpha value is -0.380. The Labute approximate surface area is 99.4 Å². The van der Waals surface area contributed by atoms with Gasteiger partial charge >= 0.3 is 0 Å². The summed E-state index contributed by atoms with van der Waals surface area (Å²) >= 11 is 3.57. The van der Waals surface area contributed by atoms with Crippen molar-refractivity contribution < 1.29 is 0 Å². The van der Waals surface area contributed by atoms with E-state index in [0.717, 1.165) is 12.8 Å². The van der Waals surface area contributed by atoms with Crippen molar-refractivity contribution in [2.45, 2.75) is 37.9 Å². The van der Waals surface area contributed by atoms with Gasteiger partial charge in [-0.2, -0.15) is 0 Å². The molecule has 0 amide bonds. The van der Waals surface area contributed by atoms with Crippen molar-refractivity contribution in [3.8, 4) is 0 Å². The Morgan fingerprint density at radius 1 is 1.40 bits per heavy atom. The fraction of sp³-hybridized carbons (Fsp3) is 0.500. The van der Waals surface area contributed by atoms with Crippen LogP contribution in [0.2, 0.25) is 0 Å². The predicted octanol–water partition coefficient (Wildman–Crippen LogP) is 2.59. The number of nitrogens with one attached hydrogen (secondary N) is 1. The summed E-state index contributed by atoms with van der Waals surface area (Å²) in [6, 6.07) is 9.75. The number of hydrogen-bond acceptors (Lipinski definition) is 2. The van der Waals surface area contributed by atoms with Gasteiger partial charge in [-0.25, -0.2) is 0 Å². The van der Waals surface area contributed by atoms with Crippen LogP contribution in [-0.4, -0.2) is 12.1 Å². The first-order chi connectivity index (χ1) is 7.16. The van der Waals surface area contributed by atoms with Crippen LogP contribution in [-0.2, 0) is 0 Å². The molecule has 0 spiro atoms. The second kappa shape index (κ2) is 4.64. The van der Waals surface area contributed by atoms with Gasteiger partial charge in [0.05, 0.1) is 0 Å². The molecule has 0 aromatic heterocycles. The average Bonchev–Trinajstić information content (AvgIpc) is 2.16. The van der Waals surface area contributed by atoms with Crippen LogP contribution in [0.5, 0.6) is 0 Å². The van der Waals surface area contributed by atoms with E-state index in [1.807, 2.05) is 6.07 Å². The second-order valence-electron chi connectivity index (χ2n) is 4.34. The minimum Gasteiger partial charge on any atom is -0.328 e. The maximum Gasteiger partial charge on any atom is 0.0305 e. The minimum atomic E-state index is 0.387. The van der Waals surface area contributed by atoms with Crippen LogP contribution < -0.4 is 11.1 Å². The van der Waals surface area contributed by atoms with Gasteiger partial charge in [0.15, 0.2) is 0 Å². The van der Waals surface area contributed by atoms with E-state index in [9.17, 15) is 0 Å². The van der Waals surface area contributed by atoms with Gasteiger partial charge in [0.1, 0.15) is 0 Å². The van der Waals surface area contributed by atoms with Crippen LogP contribution in [0.25, 0.3) is 0 Å². The Morgan fingerprint density at radius 3 is 2.67 bits per heavy atom. The molecule has 0 aliphatic heterocycles. The molecule has 2 nitrogen and oxygen atoms in total. The molecular weight excluding hydrogens is 252 g/mol. The smallest absolute Gasteiger partial charge is 0.0305 e. The van der Waals surface area contributed by atoms with E-state index < -0.39 is 0 Å². The third kappa shape index (κ3) is 2.60. The molecule has 0 saturated heterocycles. The Balaban J connectivity index is 1.96. The maximum absolute atomic E-state index is 5.76. The zero-order valence-corrected chi connectivity index (χ0v) is 10.5. The van der Waals surface area contributed by atoms with E-state index in [0.29, 0.717) is 18.1 Å². The molecule has 15 heavy (non-hydrogen) atoms. The van der Waals surface area contributed by atoms with Gasteiger partial charge in [-0.05, 0) is 31.4 Å². The third-order valence-corrected chi connectivity index (χ3v) is 3.75. The van der Waals surface area contributed by atoms with Gasteiger partial charge in [0.2, 0.25) is 0 Å². The topological polar surface area (TPSA) is 38.0 Å². The molecule has 1 aliphatic carbocycles. The number of hydrogen-bond donors (Lipinski definition) is 2. The highest BCUT2D eigenvalue weighted by Gasteiger charge is 2.27. The third-order valence-electron chi connectivity index (χ3n) is 3.03. The Morgan fingerprint density at radius 2 is 2.07 bits per heavy atom. The quantitative estimate of drug-likeness (QED) is 0.885. The first-order valence-corrected chi connectivity index (χ1v) is 6.22. The van der Waals surface area contributed by atoms with E-state index in [1.54, 1.807) is 0 Å². The Kier molecular flexibility index (Phi) is 3.44. The van der Waals surface area contributed by atoms with Crippen molar-refractivity contribution in [1.29, 1.82) is 0 Å². The van der Waals surface area contributed by atoms with Crippen LogP contribution in [0.3, 0.4) is 0 Å². The molecular formula is C12H17BrN2. The first-order valence-electron chi connectivity index (χ1n) is 5.43. The fourth-order valence-corrected chi connectivity index (χ4v) is 2.70. The van der Waals surface area contributed by atoms with Gasteiger partial charge in [0, 0.05) is 22.6 Å². The van der Waals surface area contributed by atoms with E-state index in [4.69, 9.17) is 5.73 Å². The largest absolute Gasteiger partial charge is 0.328 e. The summed E-state index contributed by atoms with van der Waals surface area (Å²) in [5, 5.41) is 3.59. The summed E-state index contributed by atoms with van der Waals surface area (Å²) in [7, 11) is 0. The second-order valence-corrected chi connectivity index (χ2v) is 5.19. The highest BCUT2D eigenvalue weighted by Crippen LogP contribution is 2.26. The van der Waals surface area contributed by atoms with E-state index in [1.165, 1.54) is 10.0 Å². The van der Waals surface area contributed by atoms with Crippen molar-refractivity contribution >= 4 is 15.9 Å². The average molecular weight is 269 g/mol. The SMILES string of the molecule is C[C@H](NC1CC(N)C1)c1ccccc1Br. The van der Waals surface area contributed by atoms with Crippen molar-refractivity contribution in [3.05, 3.63) is 34.3 Å². The summed E-state index contributed by atoms with van der Waals surface area (Å²) in [4.78, 5) is 0. The highest BCUT2D eigenvalue weighted by atomic mass is 79.9. The van der Waals surface area contributed by atoms with Crippen molar-refractivity contribution in [3.63, 3.8) is 0 Å². The van der Waals surface area contributed by atoms with Gasteiger partial charge in [-0.15, -0.1) is 0 Å². The van der Waals surface area contributed by atoms with Gasteiger partial charge in [0.25, 0.3) is 0 Å². The summed E-state index contributed by atoms with van der Waals surface area (Å²) in [6.45, 7) is 2.20. The zero-order valence-electron chi connectivity index (χ0n) is 8.91. The molecule has 0 unspecified atom stereocenters. The monoisotopic (exact) mass is 268 g/mol. The lowest BCUT2D eigenvalue weighted by Gasteiger charge is -2.35. The molecule has 1 fully saturated rings. The molecule has 0 radical (unpaired) electrons. The number of rotatable bonds is 3. The molecule has 1 aliphatic rings. The van der Waals surface area contributed by atoms with E-state index in [-0.39, 0.29) is 0 Å². The lowest BCUT2D eigenvalue weighted by molar-refractivity contribution is 0.272. The summed E-state index contributed by atoms with van der Waals surface area (Å²) < 4.78 is 1.17. The van der Waals surface area contributed by atoms with E-state index in [2.05, 4.69) is 46.4 Å². The first kappa shape index (κ1) is 11.1.